The van der Waals surface area contributed by atoms with Crippen molar-refractivity contribution >= 4 is 17.3 Å². The second kappa shape index (κ2) is 6.53. The molecular weight excluding hydrogens is 274 g/mol. The van der Waals surface area contributed by atoms with E-state index >= 15 is 0 Å². The SMILES string of the molecule is CCOc1ccccc1C(C)Nc1ccc(O)c(Cl)c1. The zero-order valence-corrected chi connectivity index (χ0v) is 12.3. The van der Waals surface area contributed by atoms with Gasteiger partial charge >= 0.3 is 0 Å². The van der Waals surface area contributed by atoms with Gasteiger partial charge in [0, 0.05) is 11.3 Å². The summed E-state index contributed by atoms with van der Waals surface area (Å²) in [5.74, 6) is 0.958. The molecule has 0 fully saturated rings. The van der Waals surface area contributed by atoms with Crippen LogP contribution in [-0.2, 0) is 0 Å². The minimum absolute atomic E-state index is 0.0679. The number of benzene rings is 2. The van der Waals surface area contributed by atoms with Crippen molar-refractivity contribution in [2.75, 3.05) is 11.9 Å². The lowest BCUT2D eigenvalue weighted by molar-refractivity contribution is 0.335. The Balaban J connectivity index is 2.19. The maximum absolute atomic E-state index is 9.43. The van der Waals surface area contributed by atoms with Crippen molar-refractivity contribution in [1.82, 2.24) is 0 Å². The van der Waals surface area contributed by atoms with Gasteiger partial charge < -0.3 is 15.2 Å². The summed E-state index contributed by atoms with van der Waals surface area (Å²) in [6.45, 7) is 4.65. The number of phenolic OH excluding ortho intramolecular Hbond substituents is 1. The Morgan fingerprint density at radius 1 is 1.25 bits per heavy atom. The number of aromatic hydroxyl groups is 1. The molecule has 0 saturated heterocycles. The molecule has 0 heterocycles. The van der Waals surface area contributed by atoms with Crippen molar-refractivity contribution in [3.8, 4) is 11.5 Å². The van der Waals surface area contributed by atoms with Crippen molar-refractivity contribution in [2.24, 2.45) is 0 Å². The fraction of sp³-hybridized carbons (Fsp3) is 0.250. The highest BCUT2D eigenvalue weighted by atomic mass is 35.5. The molecule has 1 atom stereocenters. The van der Waals surface area contributed by atoms with Crippen LogP contribution in [0.1, 0.15) is 25.5 Å². The summed E-state index contributed by atoms with van der Waals surface area (Å²) in [6, 6.07) is 13.1. The zero-order valence-electron chi connectivity index (χ0n) is 11.6. The number of nitrogens with one attached hydrogen (secondary N) is 1. The van der Waals surface area contributed by atoms with Crippen LogP contribution in [-0.4, -0.2) is 11.7 Å². The Bertz CT molecular complexity index is 586. The lowest BCUT2D eigenvalue weighted by Crippen LogP contribution is -2.08. The fourth-order valence-electron chi connectivity index (χ4n) is 2.05. The molecule has 0 bridgehead atoms. The molecule has 0 spiro atoms. The lowest BCUT2D eigenvalue weighted by atomic mass is 10.1. The van der Waals surface area contributed by atoms with Crippen LogP contribution >= 0.6 is 11.6 Å². The van der Waals surface area contributed by atoms with Crippen LogP contribution < -0.4 is 10.1 Å². The van der Waals surface area contributed by atoms with Crippen molar-refractivity contribution in [2.45, 2.75) is 19.9 Å². The van der Waals surface area contributed by atoms with Crippen LogP contribution in [0.2, 0.25) is 5.02 Å². The molecule has 0 aliphatic rings. The number of hydrogen-bond acceptors (Lipinski definition) is 3. The summed E-state index contributed by atoms with van der Waals surface area (Å²) < 4.78 is 5.63. The quantitative estimate of drug-likeness (QED) is 0.790. The maximum atomic E-state index is 9.43. The summed E-state index contributed by atoms with van der Waals surface area (Å²) in [5, 5.41) is 13.1. The first-order chi connectivity index (χ1) is 9.61. The van der Waals surface area contributed by atoms with Gasteiger partial charge in [0.15, 0.2) is 0 Å². The fourth-order valence-corrected chi connectivity index (χ4v) is 2.23. The molecule has 0 saturated carbocycles. The third-order valence-electron chi connectivity index (χ3n) is 3.02. The molecule has 0 amide bonds. The standard InChI is InChI=1S/C16H18ClNO2/c1-3-20-16-7-5-4-6-13(16)11(2)18-12-8-9-15(19)14(17)10-12/h4-11,18-19H,3H2,1-2H3. The summed E-state index contributed by atoms with van der Waals surface area (Å²) in [7, 11) is 0. The minimum atomic E-state index is 0.0679. The number of ether oxygens (including phenoxy) is 1. The topological polar surface area (TPSA) is 41.5 Å². The number of hydrogen-bond donors (Lipinski definition) is 2. The molecule has 106 valence electrons. The predicted octanol–water partition coefficient (Wildman–Crippen LogP) is 4.62. The van der Waals surface area contributed by atoms with E-state index in [-0.39, 0.29) is 11.8 Å². The molecule has 0 aliphatic carbocycles. The van der Waals surface area contributed by atoms with Gasteiger partial charge in [-0.05, 0) is 38.1 Å². The molecule has 3 nitrogen and oxygen atoms in total. The molecule has 2 rings (SSSR count). The first-order valence-corrected chi connectivity index (χ1v) is 6.96. The van der Waals surface area contributed by atoms with E-state index < -0.39 is 0 Å². The number of anilines is 1. The summed E-state index contributed by atoms with van der Waals surface area (Å²) in [5.41, 5.74) is 1.94. The predicted molar refractivity (Wildman–Crippen MR) is 82.8 cm³/mol. The number of para-hydroxylation sites is 1. The molecule has 2 aromatic rings. The number of halogens is 1. The highest BCUT2D eigenvalue weighted by Crippen LogP contribution is 2.31. The van der Waals surface area contributed by atoms with E-state index in [4.69, 9.17) is 16.3 Å². The number of rotatable bonds is 5. The van der Waals surface area contributed by atoms with Crippen LogP contribution in [0.4, 0.5) is 5.69 Å². The Hall–Kier alpha value is -1.87. The van der Waals surface area contributed by atoms with Gasteiger partial charge in [-0.1, -0.05) is 29.8 Å². The molecule has 0 aliphatic heterocycles. The Morgan fingerprint density at radius 3 is 2.70 bits per heavy atom. The molecular formula is C16H18ClNO2. The molecule has 0 aromatic heterocycles. The normalized spacial score (nSPS) is 11.9. The molecule has 2 aromatic carbocycles. The third kappa shape index (κ3) is 3.36. The van der Waals surface area contributed by atoms with E-state index in [0.717, 1.165) is 17.0 Å². The molecule has 1 unspecified atom stereocenters. The zero-order chi connectivity index (χ0) is 14.5. The van der Waals surface area contributed by atoms with Gasteiger partial charge in [0.25, 0.3) is 0 Å². The van der Waals surface area contributed by atoms with Crippen LogP contribution in [0.25, 0.3) is 0 Å². The first-order valence-electron chi connectivity index (χ1n) is 6.58. The van der Waals surface area contributed by atoms with Crippen LogP contribution in [0.15, 0.2) is 42.5 Å². The summed E-state index contributed by atoms with van der Waals surface area (Å²) in [6.07, 6.45) is 0. The van der Waals surface area contributed by atoms with Gasteiger partial charge in [0.05, 0.1) is 17.7 Å². The van der Waals surface area contributed by atoms with Gasteiger partial charge in [-0.2, -0.15) is 0 Å². The molecule has 4 heteroatoms. The van der Waals surface area contributed by atoms with E-state index in [2.05, 4.69) is 12.2 Å². The van der Waals surface area contributed by atoms with Crippen molar-refractivity contribution in [1.29, 1.82) is 0 Å². The summed E-state index contributed by atoms with van der Waals surface area (Å²) in [4.78, 5) is 0. The Morgan fingerprint density at radius 2 is 2.00 bits per heavy atom. The van der Waals surface area contributed by atoms with Crippen molar-refractivity contribution in [3.05, 3.63) is 53.1 Å². The summed E-state index contributed by atoms with van der Waals surface area (Å²) >= 11 is 5.91. The monoisotopic (exact) mass is 291 g/mol. The highest BCUT2D eigenvalue weighted by molar-refractivity contribution is 6.32. The highest BCUT2D eigenvalue weighted by Gasteiger charge is 2.11. The van der Waals surface area contributed by atoms with E-state index in [1.165, 1.54) is 0 Å². The van der Waals surface area contributed by atoms with E-state index in [9.17, 15) is 5.11 Å². The second-order valence-corrected chi connectivity index (χ2v) is 4.91. The lowest BCUT2D eigenvalue weighted by Gasteiger charge is -2.19. The first kappa shape index (κ1) is 14.5. The van der Waals surface area contributed by atoms with Crippen LogP contribution in [0.5, 0.6) is 11.5 Å². The molecule has 2 N–H and O–H groups in total. The van der Waals surface area contributed by atoms with Gasteiger partial charge in [-0.15, -0.1) is 0 Å². The minimum Gasteiger partial charge on any atom is -0.506 e. The van der Waals surface area contributed by atoms with Crippen molar-refractivity contribution in [3.63, 3.8) is 0 Å². The van der Waals surface area contributed by atoms with Gasteiger partial charge in [0.1, 0.15) is 11.5 Å². The van der Waals surface area contributed by atoms with Gasteiger partial charge in [-0.3, -0.25) is 0 Å². The van der Waals surface area contributed by atoms with Crippen molar-refractivity contribution < 1.29 is 9.84 Å². The Kier molecular flexibility index (Phi) is 4.74. The number of phenols is 1. The molecule has 20 heavy (non-hydrogen) atoms. The largest absolute Gasteiger partial charge is 0.506 e. The second-order valence-electron chi connectivity index (χ2n) is 4.50. The Labute approximate surface area is 124 Å². The maximum Gasteiger partial charge on any atom is 0.134 e. The van der Waals surface area contributed by atoms with E-state index in [0.29, 0.717) is 11.6 Å². The average molecular weight is 292 g/mol. The average Bonchev–Trinajstić information content (AvgIpc) is 2.44. The smallest absolute Gasteiger partial charge is 0.134 e. The van der Waals surface area contributed by atoms with Gasteiger partial charge in [0.2, 0.25) is 0 Å². The van der Waals surface area contributed by atoms with Gasteiger partial charge in [-0.25, -0.2) is 0 Å². The van der Waals surface area contributed by atoms with Crippen LogP contribution in [0, 0.1) is 0 Å². The molecule has 0 radical (unpaired) electrons. The third-order valence-corrected chi connectivity index (χ3v) is 3.32. The van der Waals surface area contributed by atoms with Crippen LogP contribution in [0.3, 0.4) is 0 Å². The van der Waals surface area contributed by atoms with E-state index in [1.807, 2.05) is 31.2 Å². The van der Waals surface area contributed by atoms with E-state index in [1.54, 1.807) is 18.2 Å².